The monoisotopic (exact) mass is 276 g/mol. The number of nitrogens with one attached hydrogen (secondary N) is 2. The number of carbonyl (C=O) groups is 1. The molecule has 0 aromatic rings. The van der Waals surface area contributed by atoms with E-state index in [2.05, 4.69) is 10.6 Å². The highest BCUT2D eigenvalue weighted by Gasteiger charge is 2.14. The Morgan fingerprint density at radius 3 is 2.56 bits per heavy atom. The predicted molar refractivity (Wildman–Crippen MR) is 79.2 cm³/mol. The van der Waals surface area contributed by atoms with E-state index in [1.807, 2.05) is 14.0 Å². The molecule has 1 aliphatic rings. The van der Waals surface area contributed by atoms with E-state index in [1.54, 1.807) is 0 Å². The fraction of sp³-hybridized carbons (Fsp3) is 0.929. The summed E-state index contributed by atoms with van der Waals surface area (Å²) < 4.78 is 0. The van der Waals surface area contributed by atoms with Crippen LogP contribution in [0.3, 0.4) is 0 Å². The summed E-state index contributed by atoms with van der Waals surface area (Å²) in [7, 11) is 1.88. The molecule has 1 aliphatic carbocycles. The second-order valence-corrected chi connectivity index (χ2v) is 5.40. The lowest BCUT2D eigenvalue weighted by Gasteiger charge is -2.12. The van der Waals surface area contributed by atoms with Crippen LogP contribution in [0.15, 0.2) is 0 Å². The molecule has 108 valence electrons. The second kappa shape index (κ2) is 10.6. The van der Waals surface area contributed by atoms with Crippen LogP contribution in [0.5, 0.6) is 0 Å². The molecule has 0 saturated heterocycles. The molecule has 0 aromatic heterocycles. The molecule has 1 amide bonds. The molecular weight excluding hydrogens is 248 g/mol. The van der Waals surface area contributed by atoms with Gasteiger partial charge < -0.3 is 10.6 Å². The smallest absolute Gasteiger partial charge is 0.224 e. The first kappa shape index (κ1) is 17.7. The van der Waals surface area contributed by atoms with Gasteiger partial charge in [0.05, 0.1) is 0 Å². The Balaban J connectivity index is 0.00000289. The van der Waals surface area contributed by atoms with Crippen LogP contribution in [-0.4, -0.2) is 26.0 Å². The number of unbranched alkanes of at least 4 members (excludes halogenated alkanes) is 1. The third-order valence-electron chi connectivity index (χ3n) is 3.77. The summed E-state index contributed by atoms with van der Waals surface area (Å²) in [4.78, 5) is 11.6. The molecule has 2 N–H and O–H groups in total. The molecule has 0 aliphatic heterocycles. The van der Waals surface area contributed by atoms with Gasteiger partial charge in [-0.1, -0.05) is 45.4 Å². The zero-order chi connectivity index (χ0) is 12.5. The largest absolute Gasteiger partial charge is 0.356 e. The van der Waals surface area contributed by atoms with Gasteiger partial charge in [-0.2, -0.15) is 0 Å². The van der Waals surface area contributed by atoms with Gasteiger partial charge in [-0.15, -0.1) is 12.4 Å². The Hall–Kier alpha value is -0.280. The molecule has 0 aromatic carbocycles. The number of halogens is 1. The van der Waals surface area contributed by atoms with Crippen LogP contribution in [0.1, 0.15) is 51.9 Å². The average Bonchev–Trinajstić information content (AvgIpc) is 2.81. The van der Waals surface area contributed by atoms with Crippen molar-refractivity contribution in [1.29, 1.82) is 0 Å². The fourth-order valence-electron chi connectivity index (χ4n) is 2.64. The second-order valence-electron chi connectivity index (χ2n) is 5.40. The zero-order valence-electron chi connectivity index (χ0n) is 11.8. The van der Waals surface area contributed by atoms with Gasteiger partial charge in [-0.05, 0) is 19.4 Å². The van der Waals surface area contributed by atoms with Gasteiger partial charge in [0.2, 0.25) is 5.91 Å². The minimum Gasteiger partial charge on any atom is -0.356 e. The zero-order valence-corrected chi connectivity index (χ0v) is 12.7. The Morgan fingerprint density at radius 2 is 1.94 bits per heavy atom. The lowest BCUT2D eigenvalue weighted by atomic mass is 10.0. The van der Waals surface area contributed by atoms with Crippen molar-refractivity contribution in [3.8, 4) is 0 Å². The maximum atomic E-state index is 11.6. The third-order valence-corrected chi connectivity index (χ3v) is 3.77. The van der Waals surface area contributed by atoms with Gasteiger partial charge in [-0.25, -0.2) is 0 Å². The van der Waals surface area contributed by atoms with E-state index < -0.39 is 0 Å². The van der Waals surface area contributed by atoms with E-state index in [4.69, 9.17) is 0 Å². The van der Waals surface area contributed by atoms with Gasteiger partial charge >= 0.3 is 0 Å². The maximum absolute atomic E-state index is 11.6. The highest BCUT2D eigenvalue weighted by molar-refractivity contribution is 5.85. The Labute approximate surface area is 118 Å². The average molecular weight is 277 g/mol. The van der Waals surface area contributed by atoms with Crippen molar-refractivity contribution < 1.29 is 4.79 Å². The van der Waals surface area contributed by atoms with Crippen molar-refractivity contribution in [2.75, 3.05) is 20.1 Å². The molecule has 1 unspecified atom stereocenters. The molecule has 0 bridgehead atoms. The van der Waals surface area contributed by atoms with Crippen LogP contribution >= 0.6 is 12.4 Å². The maximum Gasteiger partial charge on any atom is 0.224 e. The normalized spacial score (nSPS) is 17.2. The van der Waals surface area contributed by atoms with Gasteiger partial charge in [-0.3, -0.25) is 4.79 Å². The molecule has 0 radical (unpaired) electrons. The van der Waals surface area contributed by atoms with Gasteiger partial charge in [0, 0.05) is 19.0 Å². The van der Waals surface area contributed by atoms with Gasteiger partial charge in [0.15, 0.2) is 0 Å². The van der Waals surface area contributed by atoms with E-state index in [1.165, 1.54) is 38.5 Å². The predicted octanol–water partition coefficient (Wildman–Crippen LogP) is 2.74. The first-order valence-corrected chi connectivity index (χ1v) is 7.16. The van der Waals surface area contributed by atoms with Crippen molar-refractivity contribution in [2.24, 2.45) is 11.8 Å². The van der Waals surface area contributed by atoms with Crippen molar-refractivity contribution >= 4 is 18.3 Å². The molecular formula is C14H29ClN2O. The van der Waals surface area contributed by atoms with E-state index >= 15 is 0 Å². The summed E-state index contributed by atoms with van der Waals surface area (Å²) in [5.41, 5.74) is 0. The fourth-order valence-corrected chi connectivity index (χ4v) is 2.64. The number of hydrogen-bond donors (Lipinski definition) is 2. The Morgan fingerprint density at radius 1 is 1.28 bits per heavy atom. The molecule has 0 spiro atoms. The quantitative estimate of drug-likeness (QED) is 0.670. The molecule has 1 atom stereocenters. The standard InChI is InChI=1S/C14H28N2O.ClH/c1-12(11-15-2)14(17)16-10-6-5-9-13-7-3-4-8-13;/h12-13,15H,3-11H2,1-2H3,(H,16,17);1H. The van der Waals surface area contributed by atoms with E-state index in [0.29, 0.717) is 0 Å². The van der Waals surface area contributed by atoms with Gasteiger partial charge in [0.25, 0.3) is 0 Å². The molecule has 1 rings (SSSR count). The van der Waals surface area contributed by atoms with E-state index in [9.17, 15) is 4.79 Å². The van der Waals surface area contributed by atoms with Crippen molar-refractivity contribution in [1.82, 2.24) is 10.6 Å². The minimum absolute atomic E-state index is 0. The molecule has 0 heterocycles. The highest BCUT2D eigenvalue weighted by atomic mass is 35.5. The first-order chi connectivity index (χ1) is 8.24. The van der Waals surface area contributed by atoms with Gasteiger partial charge in [0.1, 0.15) is 0 Å². The summed E-state index contributed by atoms with van der Waals surface area (Å²) >= 11 is 0. The molecule has 18 heavy (non-hydrogen) atoms. The Kier molecular flexibility index (Phi) is 10.5. The highest BCUT2D eigenvalue weighted by Crippen LogP contribution is 2.28. The summed E-state index contributed by atoms with van der Waals surface area (Å²) in [6.07, 6.45) is 9.50. The van der Waals surface area contributed by atoms with Crippen LogP contribution < -0.4 is 10.6 Å². The van der Waals surface area contributed by atoms with Crippen molar-refractivity contribution in [3.05, 3.63) is 0 Å². The first-order valence-electron chi connectivity index (χ1n) is 7.16. The SMILES string of the molecule is CNCC(C)C(=O)NCCCCC1CCCC1.Cl. The molecule has 4 heteroatoms. The van der Waals surface area contributed by atoms with Crippen LogP contribution in [0.4, 0.5) is 0 Å². The van der Waals surface area contributed by atoms with Crippen LogP contribution in [0.2, 0.25) is 0 Å². The van der Waals surface area contributed by atoms with Crippen molar-refractivity contribution in [3.63, 3.8) is 0 Å². The molecule has 3 nitrogen and oxygen atoms in total. The van der Waals surface area contributed by atoms with E-state index in [0.717, 1.165) is 25.4 Å². The molecule has 1 saturated carbocycles. The number of rotatable bonds is 8. The summed E-state index contributed by atoms with van der Waals surface area (Å²) in [5, 5.41) is 6.04. The minimum atomic E-state index is 0. The third kappa shape index (κ3) is 7.22. The number of hydrogen-bond acceptors (Lipinski definition) is 2. The lowest BCUT2D eigenvalue weighted by molar-refractivity contribution is -0.124. The summed E-state index contributed by atoms with van der Waals surface area (Å²) in [5.74, 6) is 1.24. The Bertz CT molecular complexity index is 218. The van der Waals surface area contributed by atoms with Crippen LogP contribution in [-0.2, 0) is 4.79 Å². The number of amides is 1. The summed E-state index contributed by atoms with van der Waals surface area (Å²) in [6, 6.07) is 0. The van der Waals surface area contributed by atoms with E-state index in [-0.39, 0.29) is 24.2 Å². The summed E-state index contributed by atoms with van der Waals surface area (Å²) in [6.45, 7) is 3.57. The van der Waals surface area contributed by atoms with Crippen LogP contribution in [0.25, 0.3) is 0 Å². The van der Waals surface area contributed by atoms with Crippen LogP contribution in [0, 0.1) is 11.8 Å². The molecule has 1 fully saturated rings. The number of carbonyl (C=O) groups excluding carboxylic acids is 1. The lowest BCUT2D eigenvalue weighted by Crippen LogP contribution is -2.34. The van der Waals surface area contributed by atoms with Crippen molar-refractivity contribution in [2.45, 2.75) is 51.9 Å². The topological polar surface area (TPSA) is 41.1 Å².